The minimum absolute atomic E-state index is 0. The van der Waals surface area contributed by atoms with Gasteiger partial charge in [0.2, 0.25) is 11.9 Å². The molecule has 0 aliphatic rings. The van der Waals surface area contributed by atoms with Crippen LogP contribution in [-0.4, -0.2) is 41.1 Å². The van der Waals surface area contributed by atoms with E-state index in [1.807, 2.05) is 36.4 Å². The van der Waals surface area contributed by atoms with E-state index in [0.717, 1.165) is 11.1 Å². The largest absolute Gasteiger partial charge is 0.391 e. The highest BCUT2D eigenvalue weighted by Crippen LogP contribution is 2.24. The smallest absolute Gasteiger partial charge is 0.293 e. The molecular formula is C25H33N7O3. The third-order valence-electron chi connectivity index (χ3n) is 5.12. The van der Waals surface area contributed by atoms with Crippen LogP contribution in [0, 0.1) is 6.92 Å². The van der Waals surface area contributed by atoms with Gasteiger partial charge < -0.3 is 26.9 Å². The zero-order valence-corrected chi connectivity index (χ0v) is 19.0. The SMILES string of the molecule is C.Cc1cnc(NCC(c2ccccc2)c2ccccc2)c(=O)n1CC(=O)NCCON=C(N)N. The first-order valence-corrected chi connectivity index (χ1v) is 10.8. The van der Waals surface area contributed by atoms with E-state index in [-0.39, 0.29) is 56.3 Å². The quantitative estimate of drug-likeness (QED) is 0.142. The van der Waals surface area contributed by atoms with Gasteiger partial charge in [-0.1, -0.05) is 68.1 Å². The van der Waals surface area contributed by atoms with Crippen molar-refractivity contribution in [1.29, 1.82) is 0 Å². The molecule has 0 aliphatic heterocycles. The summed E-state index contributed by atoms with van der Waals surface area (Å²) in [5, 5.41) is 9.22. The molecule has 10 nitrogen and oxygen atoms in total. The molecule has 0 saturated carbocycles. The number of aromatic nitrogens is 2. The summed E-state index contributed by atoms with van der Waals surface area (Å²) in [6.45, 7) is 2.33. The number of nitrogens with two attached hydrogens (primary N) is 2. The second kappa shape index (κ2) is 13.4. The van der Waals surface area contributed by atoms with E-state index >= 15 is 0 Å². The van der Waals surface area contributed by atoms with Crippen LogP contribution in [0.15, 0.2) is 76.8 Å². The first-order valence-electron chi connectivity index (χ1n) is 10.8. The van der Waals surface area contributed by atoms with Crippen molar-refractivity contribution < 1.29 is 9.63 Å². The van der Waals surface area contributed by atoms with E-state index in [0.29, 0.717) is 12.2 Å². The number of carbonyl (C=O) groups is 1. The number of anilines is 1. The summed E-state index contributed by atoms with van der Waals surface area (Å²) in [7, 11) is 0. The summed E-state index contributed by atoms with van der Waals surface area (Å²) >= 11 is 0. The third kappa shape index (κ3) is 7.88. The van der Waals surface area contributed by atoms with Crippen molar-refractivity contribution in [3.63, 3.8) is 0 Å². The molecular weight excluding hydrogens is 446 g/mol. The average Bonchev–Trinajstić information content (AvgIpc) is 2.84. The second-order valence-electron chi connectivity index (χ2n) is 7.59. The molecule has 1 amide bonds. The number of hydrogen-bond donors (Lipinski definition) is 4. The summed E-state index contributed by atoms with van der Waals surface area (Å²) in [6.07, 6.45) is 1.57. The molecule has 186 valence electrons. The number of aryl methyl sites for hydroxylation is 1. The van der Waals surface area contributed by atoms with E-state index in [4.69, 9.17) is 16.3 Å². The van der Waals surface area contributed by atoms with Gasteiger partial charge in [0.1, 0.15) is 13.2 Å². The predicted molar refractivity (Wildman–Crippen MR) is 138 cm³/mol. The van der Waals surface area contributed by atoms with E-state index in [9.17, 15) is 9.59 Å². The molecule has 6 N–H and O–H groups in total. The van der Waals surface area contributed by atoms with E-state index in [1.54, 1.807) is 13.1 Å². The van der Waals surface area contributed by atoms with Gasteiger partial charge in [-0.15, -0.1) is 0 Å². The van der Waals surface area contributed by atoms with Gasteiger partial charge in [-0.2, -0.15) is 0 Å². The molecule has 0 fully saturated rings. The minimum Gasteiger partial charge on any atom is -0.391 e. The summed E-state index contributed by atoms with van der Waals surface area (Å²) in [6, 6.07) is 20.1. The number of amides is 1. The van der Waals surface area contributed by atoms with Crippen LogP contribution in [0.25, 0.3) is 0 Å². The van der Waals surface area contributed by atoms with Crippen molar-refractivity contribution in [2.24, 2.45) is 16.6 Å². The van der Waals surface area contributed by atoms with Gasteiger partial charge in [-0.3, -0.25) is 14.2 Å². The van der Waals surface area contributed by atoms with Crippen molar-refractivity contribution in [3.05, 3.63) is 94.0 Å². The van der Waals surface area contributed by atoms with Gasteiger partial charge in [-0.05, 0) is 23.2 Å². The van der Waals surface area contributed by atoms with Gasteiger partial charge in [0.15, 0.2) is 5.82 Å². The number of carbonyl (C=O) groups excluding carboxylic acids is 1. The van der Waals surface area contributed by atoms with Crippen molar-refractivity contribution in [2.45, 2.75) is 26.8 Å². The second-order valence-corrected chi connectivity index (χ2v) is 7.59. The monoisotopic (exact) mass is 479 g/mol. The Balaban J connectivity index is 0.00000432. The summed E-state index contributed by atoms with van der Waals surface area (Å²) < 4.78 is 1.38. The molecule has 0 radical (unpaired) electrons. The van der Waals surface area contributed by atoms with E-state index in [1.165, 1.54) is 4.57 Å². The first-order chi connectivity index (χ1) is 16.5. The molecule has 0 bridgehead atoms. The number of rotatable bonds is 11. The highest BCUT2D eigenvalue weighted by molar-refractivity contribution is 5.76. The summed E-state index contributed by atoms with van der Waals surface area (Å²) in [5.74, 6) is -0.340. The molecule has 3 rings (SSSR count). The fourth-order valence-corrected chi connectivity index (χ4v) is 3.44. The Morgan fingerprint density at radius 3 is 2.26 bits per heavy atom. The number of nitrogens with one attached hydrogen (secondary N) is 2. The topological polar surface area (TPSA) is 150 Å². The molecule has 0 saturated heterocycles. The number of oxime groups is 1. The van der Waals surface area contributed by atoms with Crippen LogP contribution in [-0.2, 0) is 16.2 Å². The summed E-state index contributed by atoms with van der Waals surface area (Å²) in [4.78, 5) is 34.5. The fraction of sp³-hybridized carbons (Fsp3) is 0.280. The van der Waals surface area contributed by atoms with E-state index in [2.05, 4.69) is 45.0 Å². The zero-order valence-electron chi connectivity index (χ0n) is 19.0. The molecule has 1 aromatic heterocycles. The minimum atomic E-state index is -0.369. The number of nitrogens with zero attached hydrogens (tertiary/aromatic N) is 3. The lowest BCUT2D eigenvalue weighted by Crippen LogP contribution is -2.36. The Bertz CT molecular complexity index is 1120. The van der Waals surface area contributed by atoms with Crippen molar-refractivity contribution in [2.75, 3.05) is 25.0 Å². The highest BCUT2D eigenvalue weighted by Gasteiger charge is 2.16. The first kappa shape index (κ1) is 26.9. The maximum atomic E-state index is 13.0. The molecule has 0 atom stereocenters. The number of benzene rings is 2. The Kier molecular flexibility index (Phi) is 10.3. The van der Waals surface area contributed by atoms with Gasteiger partial charge in [0, 0.05) is 24.4 Å². The van der Waals surface area contributed by atoms with Crippen LogP contribution >= 0.6 is 0 Å². The van der Waals surface area contributed by atoms with Crippen molar-refractivity contribution >= 4 is 17.7 Å². The Hall–Kier alpha value is -4.34. The lowest BCUT2D eigenvalue weighted by molar-refractivity contribution is -0.122. The summed E-state index contributed by atoms with van der Waals surface area (Å²) in [5.41, 5.74) is 12.8. The molecule has 0 aliphatic carbocycles. The third-order valence-corrected chi connectivity index (χ3v) is 5.12. The molecule has 3 aromatic rings. The van der Waals surface area contributed by atoms with Crippen LogP contribution in [0.3, 0.4) is 0 Å². The van der Waals surface area contributed by atoms with Crippen LogP contribution in [0.4, 0.5) is 5.82 Å². The van der Waals surface area contributed by atoms with Crippen LogP contribution < -0.4 is 27.7 Å². The van der Waals surface area contributed by atoms with Crippen molar-refractivity contribution in [1.82, 2.24) is 14.9 Å². The number of guanidine groups is 1. The Labute approximate surface area is 205 Å². The Morgan fingerprint density at radius 1 is 1.09 bits per heavy atom. The molecule has 10 heteroatoms. The van der Waals surface area contributed by atoms with Crippen molar-refractivity contribution in [3.8, 4) is 0 Å². The highest BCUT2D eigenvalue weighted by atomic mass is 16.6. The Morgan fingerprint density at radius 2 is 1.69 bits per heavy atom. The lowest BCUT2D eigenvalue weighted by atomic mass is 9.91. The molecule has 0 spiro atoms. The van der Waals surface area contributed by atoms with Gasteiger partial charge in [0.05, 0.1) is 6.54 Å². The predicted octanol–water partition coefficient (Wildman–Crippen LogP) is 1.75. The maximum Gasteiger partial charge on any atom is 0.293 e. The van der Waals surface area contributed by atoms with Crippen LogP contribution in [0.1, 0.15) is 30.2 Å². The van der Waals surface area contributed by atoms with Crippen LogP contribution in [0.2, 0.25) is 0 Å². The average molecular weight is 480 g/mol. The maximum absolute atomic E-state index is 13.0. The zero-order chi connectivity index (χ0) is 24.3. The molecule has 0 unspecified atom stereocenters. The fourth-order valence-electron chi connectivity index (χ4n) is 3.44. The van der Waals surface area contributed by atoms with E-state index < -0.39 is 0 Å². The van der Waals surface area contributed by atoms with Gasteiger partial charge >= 0.3 is 0 Å². The van der Waals surface area contributed by atoms with Gasteiger partial charge in [0.25, 0.3) is 5.56 Å². The molecule has 1 heterocycles. The molecule has 35 heavy (non-hydrogen) atoms. The normalized spacial score (nSPS) is 10.2. The van der Waals surface area contributed by atoms with Gasteiger partial charge in [-0.25, -0.2) is 4.98 Å². The standard InChI is InChI=1S/C24H29N7O3.CH4/c1-17-14-28-22(23(33)31(17)16-21(32)27-12-13-34-30-24(25)26)29-15-20(18-8-4-2-5-9-18)19-10-6-3-7-11-19;/h2-11,14,20H,12-13,15-16H2,1H3,(H,27,32)(H,28,29)(H4,25,26,30);1H4. The van der Waals surface area contributed by atoms with Crippen LogP contribution in [0.5, 0.6) is 0 Å². The number of hydrogen-bond acceptors (Lipinski definition) is 6. The molecule has 2 aromatic carbocycles. The lowest BCUT2D eigenvalue weighted by Gasteiger charge is -2.19.